The molecule has 0 atom stereocenters. The minimum Gasteiger partial charge on any atom is -0.497 e. The Balaban J connectivity index is 1.37. The van der Waals surface area contributed by atoms with E-state index in [1.807, 2.05) is 30.3 Å². The van der Waals surface area contributed by atoms with E-state index in [0.717, 1.165) is 72.6 Å². The monoisotopic (exact) mass is 464 g/mol. The molecule has 0 spiro atoms. The van der Waals surface area contributed by atoms with Crippen LogP contribution in [0.15, 0.2) is 47.3 Å². The quantitative estimate of drug-likeness (QED) is 0.365. The van der Waals surface area contributed by atoms with Crippen LogP contribution in [0.3, 0.4) is 0 Å². The molecule has 0 aliphatic carbocycles. The Morgan fingerprint density at radius 1 is 1.03 bits per heavy atom. The van der Waals surface area contributed by atoms with Crippen LogP contribution >= 0.6 is 0 Å². The third-order valence-electron chi connectivity index (χ3n) is 5.91. The number of furan rings is 1. The number of nitrogens with zero attached hydrogens (tertiary/aromatic N) is 3. The van der Waals surface area contributed by atoms with Crippen molar-refractivity contribution in [2.45, 2.75) is 6.42 Å². The molecule has 1 aliphatic rings. The average Bonchev–Trinajstić information content (AvgIpc) is 3.36. The van der Waals surface area contributed by atoms with E-state index in [0.29, 0.717) is 23.9 Å². The summed E-state index contributed by atoms with van der Waals surface area (Å²) in [5.74, 6) is 2.65. The summed E-state index contributed by atoms with van der Waals surface area (Å²) in [7, 11) is 3.27. The predicted molar refractivity (Wildman–Crippen MR) is 130 cm³/mol. The average molecular weight is 465 g/mol. The first-order valence-corrected chi connectivity index (χ1v) is 11.3. The van der Waals surface area contributed by atoms with Crippen molar-refractivity contribution in [1.29, 1.82) is 0 Å². The Bertz CT molecular complexity index is 1270. The number of aromatic nitrogens is 2. The largest absolute Gasteiger partial charge is 0.497 e. The normalized spacial score (nSPS) is 14.4. The van der Waals surface area contributed by atoms with E-state index >= 15 is 0 Å². The van der Waals surface area contributed by atoms with E-state index in [4.69, 9.17) is 23.4 Å². The lowest BCUT2D eigenvalue weighted by Crippen LogP contribution is -2.37. The lowest BCUT2D eigenvalue weighted by molar-refractivity contribution is 0.0357. The molecule has 9 nitrogen and oxygen atoms in total. The fraction of sp³-hybridized carbons (Fsp3) is 0.360. The number of benzene rings is 2. The highest BCUT2D eigenvalue weighted by Crippen LogP contribution is 2.37. The van der Waals surface area contributed by atoms with Crippen LogP contribution < -0.4 is 19.5 Å². The molecule has 9 heteroatoms. The van der Waals surface area contributed by atoms with Crippen LogP contribution in [0.1, 0.15) is 6.42 Å². The highest BCUT2D eigenvalue weighted by molar-refractivity contribution is 5.97. The fourth-order valence-electron chi connectivity index (χ4n) is 4.12. The van der Waals surface area contributed by atoms with Crippen molar-refractivity contribution in [2.24, 2.45) is 0 Å². The number of hydrogen-bond donors (Lipinski definition) is 1. The van der Waals surface area contributed by atoms with Gasteiger partial charge in [0.1, 0.15) is 17.9 Å². The van der Waals surface area contributed by atoms with Crippen LogP contribution in [0, 0.1) is 0 Å². The van der Waals surface area contributed by atoms with Gasteiger partial charge in [-0.3, -0.25) is 4.90 Å². The zero-order chi connectivity index (χ0) is 23.3. The number of hydrogen-bond acceptors (Lipinski definition) is 9. The molecule has 0 amide bonds. The summed E-state index contributed by atoms with van der Waals surface area (Å²) in [6, 6.07) is 9.49. The van der Waals surface area contributed by atoms with E-state index in [1.165, 1.54) is 6.33 Å². The highest BCUT2D eigenvalue weighted by atomic mass is 16.5. The van der Waals surface area contributed by atoms with Gasteiger partial charge in [-0.25, -0.2) is 9.97 Å². The van der Waals surface area contributed by atoms with Gasteiger partial charge in [-0.15, -0.1) is 0 Å². The SMILES string of the molecule is COc1cc(Nc2ncnc3cc(OCCCN4CCOCC4)c(OC)cc23)c2occc2c1. The zero-order valence-corrected chi connectivity index (χ0v) is 19.4. The Morgan fingerprint density at radius 3 is 2.74 bits per heavy atom. The Hall–Kier alpha value is -3.56. The van der Waals surface area contributed by atoms with Crippen LogP contribution in [0.4, 0.5) is 11.5 Å². The first kappa shape index (κ1) is 22.2. The van der Waals surface area contributed by atoms with Crippen LogP contribution in [0.2, 0.25) is 0 Å². The molecule has 0 saturated carbocycles. The molecule has 4 aromatic rings. The second-order valence-corrected chi connectivity index (χ2v) is 8.04. The zero-order valence-electron chi connectivity index (χ0n) is 19.4. The molecule has 0 radical (unpaired) electrons. The summed E-state index contributed by atoms with van der Waals surface area (Å²) < 4.78 is 28.2. The minimum absolute atomic E-state index is 0.593. The third kappa shape index (κ3) is 4.71. The van der Waals surface area contributed by atoms with Gasteiger partial charge in [0.25, 0.3) is 0 Å². The smallest absolute Gasteiger partial charge is 0.163 e. The van der Waals surface area contributed by atoms with E-state index in [-0.39, 0.29) is 0 Å². The summed E-state index contributed by atoms with van der Waals surface area (Å²) in [6.45, 7) is 5.13. The van der Waals surface area contributed by atoms with Gasteiger partial charge in [0.2, 0.25) is 0 Å². The first-order valence-electron chi connectivity index (χ1n) is 11.3. The molecule has 2 aromatic carbocycles. The van der Waals surface area contributed by atoms with Crippen LogP contribution in [-0.2, 0) is 4.74 Å². The third-order valence-corrected chi connectivity index (χ3v) is 5.91. The van der Waals surface area contributed by atoms with Gasteiger partial charge in [0, 0.05) is 42.5 Å². The molecule has 34 heavy (non-hydrogen) atoms. The Morgan fingerprint density at radius 2 is 1.91 bits per heavy atom. The molecule has 1 N–H and O–H groups in total. The standard InChI is InChI=1S/C25H28N4O5/c1-30-18-12-17-4-9-34-24(17)21(13-18)28-25-19-14-22(31-2)23(15-20(19)26-16-27-25)33-8-3-5-29-6-10-32-11-7-29/h4,9,12-16H,3,5-8,10-11H2,1-2H3,(H,26,27,28). The molecule has 2 aromatic heterocycles. The van der Waals surface area contributed by atoms with E-state index in [9.17, 15) is 0 Å². The van der Waals surface area contributed by atoms with Gasteiger partial charge in [-0.05, 0) is 24.6 Å². The van der Waals surface area contributed by atoms with E-state index < -0.39 is 0 Å². The van der Waals surface area contributed by atoms with Gasteiger partial charge < -0.3 is 28.7 Å². The van der Waals surface area contributed by atoms with Crippen molar-refractivity contribution in [3.05, 3.63) is 42.9 Å². The van der Waals surface area contributed by atoms with Crippen molar-refractivity contribution in [3.8, 4) is 17.2 Å². The van der Waals surface area contributed by atoms with Gasteiger partial charge in [-0.1, -0.05) is 0 Å². The number of nitrogens with one attached hydrogen (secondary N) is 1. The second kappa shape index (κ2) is 10.1. The van der Waals surface area contributed by atoms with Gasteiger partial charge >= 0.3 is 0 Å². The number of morpholine rings is 1. The molecule has 1 aliphatic heterocycles. The van der Waals surface area contributed by atoms with Crippen molar-refractivity contribution in [3.63, 3.8) is 0 Å². The van der Waals surface area contributed by atoms with Gasteiger partial charge in [-0.2, -0.15) is 0 Å². The van der Waals surface area contributed by atoms with Crippen LogP contribution in [0.5, 0.6) is 17.2 Å². The molecular formula is C25H28N4O5. The highest BCUT2D eigenvalue weighted by Gasteiger charge is 2.15. The topological polar surface area (TPSA) is 91.1 Å². The predicted octanol–water partition coefficient (Wildman–Crippen LogP) is 4.24. The maximum atomic E-state index is 6.07. The van der Waals surface area contributed by atoms with Crippen molar-refractivity contribution < 1.29 is 23.4 Å². The van der Waals surface area contributed by atoms with Gasteiger partial charge in [0.05, 0.1) is 51.5 Å². The first-order chi connectivity index (χ1) is 16.7. The van der Waals surface area contributed by atoms with Crippen molar-refractivity contribution in [1.82, 2.24) is 14.9 Å². The Kier molecular flexibility index (Phi) is 6.64. The molecule has 0 bridgehead atoms. The Labute approximate surface area is 197 Å². The second-order valence-electron chi connectivity index (χ2n) is 8.04. The van der Waals surface area contributed by atoms with Crippen molar-refractivity contribution in [2.75, 3.05) is 59.0 Å². The molecule has 1 fully saturated rings. The summed E-state index contributed by atoms with van der Waals surface area (Å²) in [5.41, 5.74) is 2.22. The molecule has 178 valence electrons. The minimum atomic E-state index is 0.593. The maximum Gasteiger partial charge on any atom is 0.163 e. The number of fused-ring (bicyclic) bond motifs is 2. The number of rotatable bonds is 9. The summed E-state index contributed by atoms with van der Waals surface area (Å²) >= 11 is 0. The van der Waals surface area contributed by atoms with Crippen molar-refractivity contribution >= 4 is 33.4 Å². The molecule has 0 unspecified atom stereocenters. The van der Waals surface area contributed by atoms with Gasteiger partial charge in [0.15, 0.2) is 17.1 Å². The summed E-state index contributed by atoms with van der Waals surface area (Å²) in [4.78, 5) is 11.3. The molecule has 5 rings (SSSR count). The lowest BCUT2D eigenvalue weighted by atomic mass is 10.2. The van der Waals surface area contributed by atoms with Crippen LogP contribution in [-0.4, -0.2) is 68.5 Å². The fourth-order valence-corrected chi connectivity index (χ4v) is 4.12. The number of anilines is 2. The summed E-state index contributed by atoms with van der Waals surface area (Å²) in [5, 5.41) is 5.12. The van der Waals surface area contributed by atoms with Crippen LogP contribution in [0.25, 0.3) is 21.9 Å². The van der Waals surface area contributed by atoms with E-state index in [1.54, 1.807) is 20.5 Å². The number of ether oxygens (including phenoxy) is 4. The maximum absolute atomic E-state index is 6.07. The number of methoxy groups -OCH3 is 2. The molecule has 3 heterocycles. The lowest BCUT2D eigenvalue weighted by Gasteiger charge is -2.26. The summed E-state index contributed by atoms with van der Waals surface area (Å²) in [6.07, 6.45) is 4.10. The van der Waals surface area contributed by atoms with E-state index in [2.05, 4.69) is 20.2 Å². The molecular weight excluding hydrogens is 436 g/mol. The molecule has 1 saturated heterocycles.